The van der Waals surface area contributed by atoms with Gasteiger partial charge in [0.1, 0.15) is 0 Å². The molecule has 0 radical (unpaired) electrons. The van der Waals surface area contributed by atoms with Crippen molar-refractivity contribution in [1.82, 2.24) is 0 Å². The third-order valence-electron chi connectivity index (χ3n) is 2.53. The lowest BCUT2D eigenvalue weighted by Gasteiger charge is -2.05. The minimum absolute atomic E-state index is 0.692. The molecule has 0 heterocycles. The van der Waals surface area contributed by atoms with E-state index in [2.05, 4.69) is 37.3 Å². The summed E-state index contributed by atoms with van der Waals surface area (Å²) in [6, 6.07) is 8.68. The highest BCUT2D eigenvalue weighted by molar-refractivity contribution is 6.25. The van der Waals surface area contributed by atoms with E-state index in [9.17, 15) is 0 Å². The first-order valence-corrected chi connectivity index (χ1v) is 5.06. The summed E-state index contributed by atoms with van der Waals surface area (Å²) in [5.74, 6) is 0.692. The molecule has 0 fully saturated rings. The number of benzene rings is 1. The molecule has 0 amide bonds. The minimum Gasteiger partial charge on any atom is -0.0841 e. The standard InChI is InChI=1S/C10H12Si/c1-7-9-5-3-2-4-8(9)6-10(7)11/h2-7H,1,11H3. The number of hydrogen-bond donors (Lipinski definition) is 0. The lowest BCUT2D eigenvalue weighted by molar-refractivity contribution is 0.971. The van der Waals surface area contributed by atoms with Crippen molar-refractivity contribution >= 4 is 16.3 Å². The minimum atomic E-state index is 0.692. The van der Waals surface area contributed by atoms with Gasteiger partial charge in [0.25, 0.3) is 0 Å². The molecule has 1 aliphatic carbocycles. The molecule has 0 aliphatic heterocycles. The topological polar surface area (TPSA) is 0 Å². The van der Waals surface area contributed by atoms with E-state index >= 15 is 0 Å². The van der Waals surface area contributed by atoms with Crippen molar-refractivity contribution in [2.24, 2.45) is 0 Å². The van der Waals surface area contributed by atoms with Crippen LogP contribution in [-0.4, -0.2) is 10.2 Å². The van der Waals surface area contributed by atoms with Gasteiger partial charge >= 0.3 is 0 Å². The summed E-state index contributed by atoms with van der Waals surface area (Å²) in [6.07, 6.45) is 2.34. The summed E-state index contributed by atoms with van der Waals surface area (Å²) in [5, 5.41) is 1.62. The van der Waals surface area contributed by atoms with E-state index in [0.29, 0.717) is 5.92 Å². The van der Waals surface area contributed by atoms with Gasteiger partial charge in [0.2, 0.25) is 0 Å². The molecule has 1 aromatic rings. The molecule has 1 heteroatoms. The van der Waals surface area contributed by atoms with Crippen LogP contribution in [0.2, 0.25) is 0 Å². The summed E-state index contributed by atoms with van der Waals surface area (Å²) < 4.78 is 0. The van der Waals surface area contributed by atoms with Crippen LogP contribution in [-0.2, 0) is 0 Å². The average molecular weight is 160 g/mol. The first-order valence-electron chi connectivity index (χ1n) is 4.06. The van der Waals surface area contributed by atoms with Gasteiger partial charge in [-0.2, -0.15) is 0 Å². The van der Waals surface area contributed by atoms with Crippen molar-refractivity contribution < 1.29 is 0 Å². The van der Waals surface area contributed by atoms with E-state index in [1.807, 2.05) is 0 Å². The van der Waals surface area contributed by atoms with Gasteiger partial charge in [0, 0.05) is 10.2 Å². The van der Waals surface area contributed by atoms with Gasteiger partial charge in [0.05, 0.1) is 0 Å². The van der Waals surface area contributed by atoms with Crippen molar-refractivity contribution in [3.63, 3.8) is 0 Å². The quantitative estimate of drug-likeness (QED) is 0.505. The maximum Gasteiger partial charge on any atom is 0.0341 e. The second-order valence-electron chi connectivity index (χ2n) is 3.24. The van der Waals surface area contributed by atoms with Crippen molar-refractivity contribution in [1.29, 1.82) is 0 Å². The van der Waals surface area contributed by atoms with Crippen LogP contribution in [0.25, 0.3) is 6.08 Å². The molecule has 56 valence electrons. The predicted octanol–water partition coefficient (Wildman–Crippen LogP) is 1.51. The molecule has 0 saturated carbocycles. The Balaban J connectivity index is 2.58. The van der Waals surface area contributed by atoms with Gasteiger partial charge < -0.3 is 0 Å². The zero-order valence-corrected chi connectivity index (χ0v) is 8.96. The molecule has 2 rings (SSSR count). The van der Waals surface area contributed by atoms with E-state index in [0.717, 1.165) is 0 Å². The summed E-state index contributed by atoms with van der Waals surface area (Å²) in [7, 11) is 1.20. The van der Waals surface area contributed by atoms with Gasteiger partial charge in [-0.05, 0) is 17.0 Å². The molecule has 0 saturated heterocycles. The van der Waals surface area contributed by atoms with Crippen LogP contribution in [0, 0.1) is 0 Å². The Kier molecular flexibility index (Phi) is 1.46. The van der Waals surface area contributed by atoms with E-state index < -0.39 is 0 Å². The number of hydrogen-bond acceptors (Lipinski definition) is 0. The number of rotatable bonds is 0. The van der Waals surface area contributed by atoms with Crippen molar-refractivity contribution in [3.8, 4) is 0 Å². The fourth-order valence-electron chi connectivity index (χ4n) is 1.65. The highest BCUT2D eigenvalue weighted by Crippen LogP contribution is 2.33. The Morgan fingerprint density at radius 1 is 1.27 bits per heavy atom. The molecule has 1 unspecified atom stereocenters. The third-order valence-corrected chi connectivity index (χ3v) is 3.68. The van der Waals surface area contributed by atoms with Crippen LogP contribution >= 0.6 is 0 Å². The van der Waals surface area contributed by atoms with E-state index in [1.54, 1.807) is 5.20 Å². The fourth-order valence-corrected chi connectivity index (χ4v) is 2.27. The van der Waals surface area contributed by atoms with Crippen molar-refractivity contribution in [2.45, 2.75) is 12.8 Å². The predicted molar refractivity (Wildman–Crippen MR) is 52.8 cm³/mol. The summed E-state index contributed by atoms with van der Waals surface area (Å²) in [6.45, 7) is 2.30. The Morgan fingerprint density at radius 2 is 2.00 bits per heavy atom. The highest BCUT2D eigenvalue weighted by Gasteiger charge is 2.16. The zero-order chi connectivity index (χ0) is 7.84. The summed E-state index contributed by atoms with van der Waals surface area (Å²) in [5.41, 5.74) is 2.95. The molecule has 1 atom stereocenters. The Bertz CT molecular complexity index is 312. The number of allylic oxidation sites excluding steroid dienone is 1. The summed E-state index contributed by atoms with van der Waals surface area (Å²) in [4.78, 5) is 0. The fraction of sp³-hybridized carbons (Fsp3) is 0.200. The van der Waals surface area contributed by atoms with Gasteiger partial charge in [-0.3, -0.25) is 0 Å². The highest BCUT2D eigenvalue weighted by atomic mass is 28.1. The molecular weight excluding hydrogens is 148 g/mol. The van der Waals surface area contributed by atoms with Gasteiger partial charge in [-0.1, -0.05) is 42.5 Å². The van der Waals surface area contributed by atoms with E-state index in [-0.39, 0.29) is 0 Å². The molecule has 1 aliphatic rings. The van der Waals surface area contributed by atoms with Crippen LogP contribution in [0.4, 0.5) is 0 Å². The maximum atomic E-state index is 2.34. The monoisotopic (exact) mass is 160 g/mol. The number of fused-ring (bicyclic) bond motifs is 1. The van der Waals surface area contributed by atoms with Crippen LogP contribution < -0.4 is 0 Å². The van der Waals surface area contributed by atoms with Crippen LogP contribution in [0.1, 0.15) is 24.0 Å². The van der Waals surface area contributed by atoms with E-state index in [1.165, 1.54) is 21.4 Å². The second-order valence-corrected chi connectivity index (χ2v) is 4.39. The Hall–Kier alpha value is -0.823. The molecule has 0 aromatic heterocycles. The van der Waals surface area contributed by atoms with Crippen LogP contribution in [0.3, 0.4) is 0 Å². The van der Waals surface area contributed by atoms with Gasteiger partial charge in [-0.15, -0.1) is 0 Å². The SMILES string of the molecule is CC1C([SiH3])=Cc2ccccc21. The largest absolute Gasteiger partial charge is 0.0841 e. The van der Waals surface area contributed by atoms with Crippen molar-refractivity contribution in [3.05, 3.63) is 40.6 Å². The molecule has 0 spiro atoms. The maximum absolute atomic E-state index is 2.34. The lowest BCUT2D eigenvalue weighted by atomic mass is 10.0. The molecule has 11 heavy (non-hydrogen) atoms. The lowest BCUT2D eigenvalue weighted by Crippen LogP contribution is -1.91. The Morgan fingerprint density at radius 3 is 2.73 bits per heavy atom. The first kappa shape index (κ1) is 6.86. The second kappa shape index (κ2) is 2.34. The molecule has 1 aromatic carbocycles. The van der Waals surface area contributed by atoms with Crippen LogP contribution in [0.15, 0.2) is 29.5 Å². The van der Waals surface area contributed by atoms with Crippen molar-refractivity contribution in [2.75, 3.05) is 0 Å². The smallest absolute Gasteiger partial charge is 0.0341 e. The molecule has 0 bridgehead atoms. The average Bonchev–Trinajstić information content (AvgIpc) is 2.30. The normalized spacial score (nSPS) is 21.5. The Labute approximate surface area is 70.4 Å². The first-order chi connectivity index (χ1) is 5.29. The molecule has 0 N–H and O–H groups in total. The van der Waals surface area contributed by atoms with Gasteiger partial charge in [-0.25, -0.2) is 0 Å². The summed E-state index contributed by atoms with van der Waals surface area (Å²) >= 11 is 0. The zero-order valence-electron chi connectivity index (χ0n) is 6.96. The molecule has 0 nitrogen and oxygen atoms in total. The third kappa shape index (κ3) is 0.961. The van der Waals surface area contributed by atoms with Crippen LogP contribution in [0.5, 0.6) is 0 Å². The molecular formula is C10H12Si. The van der Waals surface area contributed by atoms with E-state index in [4.69, 9.17) is 0 Å². The van der Waals surface area contributed by atoms with Gasteiger partial charge in [0.15, 0.2) is 0 Å².